The maximum atomic E-state index is 12.3. The highest BCUT2D eigenvalue weighted by molar-refractivity contribution is 7.91. The van der Waals surface area contributed by atoms with Gasteiger partial charge in [0.05, 0.1) is 0 Å². The van der Waals surface area contributed by atoms with Gasteiger partial charge in [0.15, 0.2) is 0 Å². The molecule has 9 heteroatoms. The van der Waals surface area contributed by atoms with Gasteiger partial charge < -0.3 is 10.4 Å². The predicted octanol–water partition coefficient (Wildman–Crippen LogP) is -0.0447. The maximum Gasteiger partial charge on any atom is 0.345 e. The molecule has 104 valence electrons. The van der Waals surface area contributed by atoms with Crippen LogP contribution in [0.1, 0.15) is 16.6 Å². The third-order valence-corrected chi connectivity index (χ3v) is 6.31. The number of rotatable bonds is 3. The molecule has 1 aliphatic rings. The number of piperazine rings is 1. The van der Waals surface area contributed by atoms with Gasteiger partial charge in [-0.25, -0.2) is 13.2 Å². The Labute approximate surface area is 113 Å². The topological polar surface area (TPSA) is 104 Å². The molecule has 0 radical (unpaired) electrons. The van der Waals surface area contributed by atoms with E-state index in [1.807, 2.05) is 0 Å². The fraction of sp³-hybridized carbons (Fsp3) is 0.400. The number of sulfonamides is 1. The van der Waals surface area contributed by atoms with Gasteiger partial charge in [0.2, 0.25) is 5.91 Å². The van der Waals surface area contributed by atoms with Crippen LogP contribution in [0.25, 0.3) is 0 Å². The van der Waals surface area contributed by atoms with E-state index in [1.165, 1.54) is 19.1 Å². The Hall–Kier alpha value is -1.45. The Morgan fingerprint density at radius 3 is 2.79 bits per heavy atom. The molecule has 0 aliphatic carbocycles. The van der Waals surface area contributed by atoms with Gasteiger partial charge in [-0.15, -0.1) is 11.3 Å². The zero-order valence-corrected chi connectivity index (χ0v) is 11.6. The summed E-state index contributed by atoms with van der Waals surface area (Å²) in [5.74, 6) is -1.53. The van der Waals surface area contributed by atoms with Crippen molar-refractivity contribution >= 4 is 33.2 Å². The highest BCUT2D eigenvalue weighted by Gasteiger charge is 2.36. The fourth-order valence-corrected chi connectivity index (χ4v) is 4.65. The molecule has 0 aromatic carbocycles. The van der Waals surface area contributed by atoms with E-state index in [9.17, 15) is 18.0 Å². The van der Waals surface area contributed by atoms with Gasteiger partial charge in [-0.2, -0.15) is 4.31 Å². The number of hydrogen-bond donors (Lipinski definition) is 2. The molecule has 19 heavy (non-hydrogen) atoms. The minimum Gasteiger partial charge on any atom is -0.477 e. The van der Waals surface area contributed by atoms with Crippen molar-refractivity contribution in [2.45, 2.75) is 17.2 Å². The highest BCUT2D eigenvalue weighted by atomic mass is 32.2. The van der Waals surface area contributed by atoms with Crippen molar-refractivity contribution in [3.63, 3.8) is 0 Å². The van der Waals surface area contributed by atoms with E-state index in [0.29, 0.717) is 11.3 Å². The molecule has 0 saturated carbocycles. The second-order valence-electron chi connectivity index (χ2n) is 4.01. The molecule has 1 fully saturated rings. The monoisotopic (exact) mass is 304 g/mol. The van der Waals surface area contributed by atoms with E-state index < -0.39 is 22.0 Å². The average Bonchev–Trinajstić information content (AvgIpc) is 2.82. The van der Waals surface area contributed by atoms with Gasteiger partial charge in [-0.05, 0) is 19.1 Å². The van der Waals surface area contributed by atoms with Crippen molar-refractivity contribution < 1.29 is 23.1 Å². The fourth-order valence-electron chi connectivity index (χ4n) is 1.78. The third-order valence-electron chi connectivity index (χ3n) is 2.80. The molecule has 1 atom stereocenters. The summed E-state index contributed by atoms with van der Waals surface area (Å²) in [7, 11) is -3.83. The first-order chi connectivity index (χ1) is 8.84. The van der Waals surface area contributed by atoms with Crippen LogP contribution in [0.3, 0.4) is 0 Å². The summed E-state index contributed by atoms with van der Waals surface area (Å²) in [5, 5.41) is 11.4. The van der Waals surface area contributed by atoms with Gasteiger partial charge in [-0.1, -0.05) is 0 Å². The summed E-state index contributed by atoms with van der Waals surface area (Å²) >= 11 is 0.684. The number of carboxylic acids is 1. The zero-order valence-electron chi connectivity index (χ0n) is 9.99. The zero-order chi connectivity index (χ0) is 14.2. The molecule has 1 unspecified atom stereocenters. The van der Waals surface area contributed by atoms with Gasteiger partial charge in [0, 0.05) is 13.1 Å². The third kappa shape index (κ3) is 2.48. The van der Waals surface area contributed by atoms with Gasteiger partial charge in [-0.3, -0.25) is 4.79 Å². The van der Waals surface area contributed by atoms with Crippen LogP contribution in [0.2, 0.25) is 0 Å². The van der Waals surface area contributed by atoms with Crippen LogP contribution in [0.4, 0.5) is 0 Å². The number of carboxylic acid groups (broad SMARTS) is 1. The molecule has 1 amide bonds. The first-order valence-corrected chi connectivity index (χ1v) is 7.72. The smallest absolute Gasteiger partial charge is 0.345 e. The van der Waals surface area contributed by atoms with Gasteiger partial charge >= 0.3 is 5.97 Å². The Bertz CT molecular complexity index is 622. The van der Waals surface area contributed by atoms with Crippen LogP contribution in [0, 0.1) is 0 Å². The average molecular weight is 304 g/mol. The lowest BCUT2D eigenvalue weighted by Crippen LogP contribution is -2.55. The summed E-state index contributed by atoms with van der Waals surface area (Å²) in [6.45, 7) is 1.92. The lowest BCUT2D eigenvalue weighted by Gasteiger charge is -2.31. The summed E-state index contributed by atoms with van der Waals surface area (Å²) < 4.78 is 25.7. The van der Waals surface area contributed by atoms with Crippen LogP contribution < -0.4 is 5.32 Å². The SMILES string of the molecule is CC1C(=O)NCCN1S(=O)(=O)c1ccc(C(=O)O)s1. The molecule has 7 nitrogen and oxygen atoms in total. The summed E-state index contributed by atoms with van der Waals surface area (Å²) in [4.78, 5) is 22.2. The summed E-state index contributed by atoms with van der Waals surface area (Å²) in [5.41, 5.74) is 0. The van der Waals surface area contributed by atoms with E-state index in [4.69, 9.17) is 5.11 Å². The van der Waals surface area contributed by atoms with Crippen molar-refractivity contribution in [2.24, 2.45) is 0 Å². The first kappa shape index (κ1) is 14.0. The summed E-state index contributed by atoms with van der Waals surface area (Å²) in [6.07, 6.45) is 0. The minimum absolute atomic E-state index is 0.0484. The van der Waals surface area contributed by atoms with Crippen molar-refractivity contribution in [3.8, 4) is 0 Å². The number of thiophene rings is 1. The van der Waals surface area contributed by atoms with Gasteiger partial charge in [0.1, 0.15) is 15.1 Å². The Kier molecular flexibility index (Phi) is 3.61. The number of nitrogens with zero attached hydrogens (tertiary/aromatic N) is 1. The van der Waals surface area contributed by atoms with Crippen LogP contribution >= 0.6 is 11.3 Å². The molecule has 0 bridgehead atoms. The minimum atomic E-state index is -3.83. The quantitative estimate of drug-likeness (QED) is 0.815. The van der Waals surface area contributed by atoms with E-state index in [-0.39, 0.29) is 28.1 Å². The number of nitrogens with one attached hydrogen (secondary N) is 1. The number of hydrogen-bond acceptors (Lipinski definition) is 5. The van der Waals surface area contributed by atoms with Crippen molar-refractivity contribution in [1.82, 2.24) is 9.62 Å². The van der Waals surface area contributed by atoms with Crippen LogP contribution in [-0.2, 0) is 14.8 Å². The normalized spacial score (nSPS) is 21.1. The van der Waals surface area contributed by atoms with Crippen molar-refractivity contribution in [1.29, 1.82) is 0 Å². The Morgan fingerprint density at radius 1 is 1.53 bits per heavy atom. The molecule has 2 heterocycles. The molecular weight excluding hydrogens is 292 g/mol. The number of carbonyl (C=O) groups is 2. The summed E-state index contributed by atoms with van der Waals surface area (Å²) in [6, 6.07) is 1.70. The van der Waals surface area contributed by atoms with E-state index in [2.05, 4.69) is 5.32 Å². The maximum absolute atomic E-state index is 12.3. The molecular formula is C10H12N2O5S2. The van der Waals surface area contributed by atoms with E-state index in [0.717, 1.165) is 4.31 Å². The van der Waals surface area contributed by atoms with Crippen molar-refractivity contribution in [3.05, 3.63) is 17.0 Å². The predicted molar refractivity (Wildman–Crippen MR) is 67.6 cm³/mol. The second-order valence-corrected chi connectivity index (χ2v) is 7.21. The lowest BCUT2D eigenvalue weighted by molar-refractivity contribution is -0.126. The number of carbonyl (C=O) groups excluding carboxylic acids is 1. The molecule has 1 aliphatic heterocycles. The van der Waals surface area contributed by atoms with Crippen LogP contribution in [0.15, 0.2) is 16.3 Å². The van der Waals surface area contributed by atoms with E-state index in [1.54, 1.807) is 0 Å². The molecule has 1 aromatic heterocycles. The molecule has 1 saturated heterocycles. The molecule has 2 rings (SSSR count). The van der Waals surface area contributed by atoms with E-state index >= 15 is 0 Å². The van der Waals surface area contributed by atoms with Crippen molar-refractivity contribution in [2.75, 3.05) is 13.1 Å². The Morgan fingerprint density at radius 2 is 2.21 bits per heavy atom. The van der Waals surface area contributed by atoms with Crippen LogP contribution in [-0.4, -0.2) is 48.8 Å². The lowest BCUT2D eigenvalue weighted by atomic mass is 10.2. The number of amides is 1. The standard InChI is InChI=1S/C10H12N2O5S2/c1-6-9(13)11-4-5-12(6)19(16,17)8-3-2-7(18-8)10(14)15/h2-3,6H,4-5H2,1H3,(H,11,13)(H,14,15). The van der Waals surface area contributed by atoms with Gasteiger partial charge in [0.25, 0.3) is 10.0 Å². The highest BCUT2D eigenvalue weighted by Crippen LogP contribution is 2.26. The number of aromatic carboxylic acids is 1. The molecule has 1 aromatic rings. The first-order valence-electron chi connectivity index (χ1n) is 5.46. The molecule has 2 N–H and O–H groups in total. The largest absolute Gasteiger partial charge is 0.477 e. The Balaban J connectivity index is 2.35. The molecule has 0 spiro atoms. The second kappa shape index (κ2) is 4.91. The van der Waals surface area contributed by atoms with Crippen LogP contribution in [0.5, 0.6) is 0 Å².